The molecule has 0 atom stereocenters. The van der Waals surface area contributed by atoms with Crippen molar-refractivity contribution in [1.82, 2.24) is 0 Å². The Hall–Kier alpha value is -3.19. The Balaban J connectivity index is 1.78. The number of nitrogens with one attached hydrogen (secondary N) is 1. The Morgan fingerprint density at radius 1 is 1.00 bits per heavy atom. The Morgan fingerprint density at radius 2 is 1.76 bits per heavy atom. The molecule has 29 heavy (non-hydrogen) atoms. The summed E-state index contributed by atoms with van der Waals surface area (Å²) < 4.78 is 41.3. The number of hydrogen-bond donors (Lipinski definition) is 2. The highest BCUT2D eigenvalue weighted by Gasteiger charge is 2.18. The SMILES string of the molecule is Cc1ccc(F)cc1S(=O)(=O)Nc1cccc(CCc2ccccc2C(=O)O)c1. The first-order chi connectivity index (χ1) is 13.8. The average molecular weight is 413 g/mol. The summed E-state index contributed by atoms with van der Waals surface area (Å²) in [6.45, 7) is 1.60. The van der Waals surface area contributed by atoms with Crippen molar-refractivity contribution >= 4 is 21.7 Å². The van der Waals surface area contributed by atoms with Gasteiger partial charge in [-0.15, -0.1) is 0 Å². The number of sulfonamides is 1. The predicted octanol–water partition coefficient (Wildman–Crippen LogP) is 4.42. The van der Waals surface area contributed by atoms with Crippen molar-refractivity contribution < 1.29 is 22.7 Å². The van der Waals surface area contributed by atoms with Crippen molar-refractivity contribution in [2.24, 2.45) is 0 Å². The minimum Gasteiger partial charge on any atom is -0.478 e. The third-order valence-electron chi connectivity index (χ3n) is 4.55. The highest BCUT2D eigenvalue weighted by Crippen LogP contribution is 2.22. The van der Waals surface area contributed by atoms with Gasteiger partial charge in [-0.2, -0.15) is 0 Å². The fourth-order valence-electron chi connectivity index (χ4n) is 3.09. The number of carboxylic acids is 1. The quantitative estimate of drug-likeness (QED) is 0.601. The van der Waals surface area contributed by atoms with Crippen LogP contribution in [0, 0.1) is 12.7 Å². The second-order valence-corrected chi connectivity index (χ2v) is 8.33. The van der Waals surface area contributed by atoms with Gasteiger partial charge in [-0.25, -0.2) is 17.6 Å². The lowest BCUT2D eigenvalue weighted by atomic mass is 10.00. The van der Waals surface area contributed by atoms with Gasteiger partial charge < -0.3 is 5.11 Å². The van der Waals surface area contributed by atoms with E-state index in [1.807, 2.05) is 6.07 Å². The maximum Gasteiger partial charge on any atom is 0.335 e. The van der Waals surface area contributed by atoms with Crippen molar-refractivity contribution in [2.75, 3.05) is 4.72 Å². The lowest BCUT2D eigenvalue weighted by Crippen LogP contribution is -2.14. The van der Waals surface area contributed by atoms with E-state index in [1.54, 1.807) is 49.4 Å². The lowest BCUT2D eigenvalue weighted by molar-refractivity contribution is 0.0695. The van der Waals surface area contributed by atoms with Gasteiger partial charge in [0.15, 0.2) is 0 Å². The molecule has 3 rings (SSSR count). The number of carbonyl (C=O) groups is 1. The third kappa shape index (κ3) is 5.00. The molecule has 0 bridgehead atoms. The molecule has 3 aromatic carbocycles. The molecule has 0 aliphatic rings. The molecule has 0 amide bonds. The summed E-state index contributed by atoms with van der Waals surface area (Å²) in [5.74, 6) is -1.60. The van der Waals surface area contributed by atoms with Gasteiger partial charge in [-0.3, -0.25) is 4.72 Å². The summed E-state index contributed by atoms with van der Waals surface area (Å²) in [5.41, 5.74) is 2.62. The summed E-state index contributed by atoms with van der Waals surface area (Å²) in [4.78, 5) is 11.2. The molecule has 0 aliphatic carbocycles. The minimum atomic E-state index is -3.94. The van der Waals surface area contributed by atoms with Gasteiger partial charge >= 0.3 is 5.97 Å². The molecule has 0 saturated heterocycles. The highest BCUT2D eigenvalue weighted by molar-refractivity contribution is 7.92. The summed E-state index contributed by atoms with van der Waals surface area (Å²) in [6.07, 6.45) is 1.04. The first-order valence-corrected chi connectivity index (χ1v) is 10.4. The summed E-state index contributed by atoms with van der Waals surface area (Å²) in [6, 6.07) is 17.3. The molecule has 2 N–H and O–H groups in total. The number of aryl methyl sites for hydroxylation is 3. The molecule has 0 heterocycles. The molecule has 0 radical (unpaired) electrons. The molecule has 3 aromatic rings. The number of anilines is 1. The number of hydrogen-bond acceptors (Lipinski definition) is 3. The summed E-state index contributed by atoms with van der Waals surface area (Å²) in [5, 5.41) is 9.28. The van der Waals surface area contributed by atoms with Crippen LogP contribution in [0.25, 0.3) is 0 Å². The van der Waals surface area contributed by atoms with Crippen LogP contribution >= 0.6 is 0 Å². The number of aromatic carboxylic acids is 1. The number of rotatable bonds is 7. The first kappa shape index (κ1) is 20.5. The number of carboxylic acid groups (broad SMARTS) is 1. The molecule has 7 heteroatoms. The van der Waals surface area contributed by atoms with Crippen molar-refractivity contribution in [3.63, 3.8) is 0 Å². The number of benzene rings is 3. The Labute approximate surface area is 168 Å². The summed E-state index contributed by atoms with van der Waals surface area (Å²) >= 11 is 0. The molecular formula is C22H20FNO4S. The maximum atomic E-state index is 13.5. The van der Waals surface area contributed by atoms with E-state index in [0.717, 1.165) is 11.6 Å². The van der Waals surface area contributed by atoms with E-state index in [9.17, 15) is 22.7 Å². The van der Waals surface area contributed by atoms with Gasteiger partial charge in [0, 0.05) is 5.69 Å². The van der Waals surface area contributed by atoms with Crippen LogP contribution in [0.3, 0.4) is 0 Å². The lowest BCUT2D eigenvalue weighted by Gasteiger charge is -2.12. The highest BCUT2D eigenvalue weighted by atomic mass is 32.2. The van der Waals surface area contributed by atoms with Gasteiger partial charge in [-0.1, -0.05) is 36.4 Å². The van der Waals surface area contributed by atoms with E-state index in [2.05, 4.69) is 4.72 Å². The smallest absolute Gasteiger partial charge is 0.335 e. The van der Waals surface area contributed by atoms with E-state index < -0.39 is 21.8 Å². The van der Waals surface area contributed by atoms with Crippen molar-refractivity contribution in [1.29, 1.82) is 0 Å². The van der Waals surface area contributed by atoms with Crippen molar-refractivity contribution in [3.05, 3.63) is 94.8 Å². The van der Waals surface area contributed by atoms with Crippen LogP contribution in [-0.2, 0) is 22.9 Å². The molecule has 0 saturated carbocycles. The van der Waals surface area contributed by atoms with E-state index in [0.29, 0.717) is 29.7 Å². The largest absolute Gasteiger partial charge is 0.478 e. The Kier molecular flexibility index (Phi) is 5.98. The van der Waals surface area contributed by atoms with E-state index in [1.165, 1.54) is 12.1 Å². The second kappa shape index (κ2) is 8.45. The Morgan fingerprint density at radius 3 is 2.52 bits per heavy atom. The molecule has 150 valence electrons. The fourth-order valence-corrected chi connectivity index (χ4v) is 4.40. The normalized spacial score (nSPS) is 11.2. The van der Waals surface area contributed by atoms with Crippen LogP contribution in [0.1, 0.15) is 27.0 Å². The van der Waals surface area contributed by atoms with Crippen LogP contribution in [0.2, 0.25) is 0 Å². The third-order valence-corrected chi connectivity index (χ3v) is 6.07. The van der Waals surface area contributed by atoms with Crippen LogP contribution in [0.15, 0.2) is 71.6 Å². The zero-order valence-electron chi connectivity index (χ0n) is 15.7. The molecule has 0 aromatic heterocycles. The monoisotopic (exact) mass is 413 g/mol. The van der Waals surface area contributed by atoms with Crippen LogP contribution < -0.4 is 4.72 Å². The van der Waals surface area contributed by atoms with Crippen LogP contribution in [0.4, 0.5) is 10.1 Å². The minimum absolute atomic E-state index is 0.113. The molecule has 0 unspecified atom stereocenters. The van der Waals surface area contributed by atoms with Gasteiger partial charge in [-0.05, 0) is 66.8 Å². The number of halogens is 1. The second-order valence-electron chi connectivity index (χ2n) is 6.68. The van der Waals surface area contributed by atoms with Gasteiger partial charge in [0.25, 0.3) is 10.0 Å². The van der Waals surface area contributed by atoms with Crippen LogP contribution in [-0.4, -0.2) is 19.5 Å². The van der Waals surface area contributed by atoms with Crippen molar-refractivity contribution in [2.45, 2.75) is 24.7 Å². The fraction of sp³-hybridized carbons (Fsp3) is 0.136. The molecule has 0 spiro atoms. The van der Waals surface area contributed by atoms with E-state index >= 15 is 0 Å². The van der Waals surface area contributed by atoms with Crippen molar-refractivity contribution in [3.8, 4) is 0 Å². The van der Waals surface area contributed by atoms with Gasteiger partial charge in [0.05, 0.1) is 10.5 Å². The van der Waals surface area contributed by atoms with Gasteiger partial charge in [0.1, 0.15) is 5.82 Å². The summed E-state index contributed by atoms with van der Waals surface area (Å²) in [7, 11) is -3.94. The first-order valence-electron chi connectivity index (χ1n) is 8.95. The Bertz CT molecular complexity index is 1160. The molecular weight excluding hydrogens is 393 g/mol. The predicted molar refractivity (Wildman–Crippen MR) is 109 cm³/mol. The zero-order valence-corrected chi connectivity index (χ0v) is 16.5. The zero-order chi connectivity index (χ0) is 21.0. The van der Waals surface area contributed by atoms with E-state index in [4.69, 9.17) is 0 Å². The molecule has 5 nitrogen and oxygen atoms in total. The van der Waals surface area contributed by atoms with Gasteiger partial charge in [0.2, 0.25) is 0 Å². The topological polar surface area (TPSA) is 83.5 Å². The molecule has 0 fully saturated rings. The molecule has 0 aliphatic heterocycles. The average Bonchev–Trinajstić information content (AvgIpc) is 2.68. The van der Waals surface area contributed by atoms with E-state index in [-0.39, 0.29) is 10.5 Å². The standard InChI is InChI=1S/C22H20FNO4S/c1-15-9-12-18(23)14-21(15)29(27,28)24-19-7-4-5-16(13-19)10-11-17-6-2-3-8-20(17)22(25)26/h2-9,12-14,24H,10-11H2,1H3,(H,25,26). The maximum absolute atomic E-state index is 13.5. The van der Waals surface area contributed by atoms with Crippen LogP contribution in [0.5, 0.6) is 0 Å².